The summed E-state index contributed by atoms with van der Waals surface area (Å²) in [4.78, 5) is 7.49. The van der Waals surface area contributed by atoms with Crippen molar-refractivity contribution < 1.29 is 26.0 Å². The van der Waals surface area contributed by atoms with Crippen molar-refractivity contribution in [2.75, 3.05) is 18.4 Å². The van der Waals surface area contributed by atoms with E-state index in [1.54, 1.807) is 13.1 Å². The Morgan fingerprint density at radius 1 is 1.09 bits per heavy atom. The van der Waals surface area contributed by atoms with Crippen LogP contribution in [0.15, 0.2) is 60.0 Å². The van der Waals surface area contributed by atoms with E-state index in [1.165, 1.54) is 47.4 Å². The average Bonchev–Trinajstić information content (AvgIpc) is 3.35. The van der Waals surface area contributed by atoms with Crippen LogP contribution in [0.3, 0.4) is 0 Å². The Bertz CT molecular complexity index is 1230. The van der Waals surface area contributed by atoms with Crippen LogP contribution in [0, 0.1) is 5.82 Å². The highest BCUT2D eigenvalue weighted by Crippen LogP contribution is 2.35. The number of pyridine rings is 1. The second kappa shape index (κ2) is 8.17. The van der Waals surface area contributed by atoms with E-state index >= 15 is 0 Å². The molecule has 4 rings (SSSR count). The van der Waals surface area contributed by atoms with E-state index in [0.29, 0.717) is 0 Å². The fourth-order valence-electron chi connectivity index (χ4n) is 3.72. The normalized spacial score (nSPS) is 19.9. The number of hydrogen-bond donors (Lipinski definition) is 1. The number of sulfonamides is 1. The summed E-state index contributed by atoms with van der Waals surface area (Å²) >= 11 is 0. The molecule has 1 aliphatic rings. The molecule has 3 aromatic rings. The minimum absolute atomic E-state index is 0.0729. The second-order valence-electron chi connectivity index (χ2n) is 7.48. The van der Waals surface area contributed by atoms with Crippen molar-refractivity contribution >= 4 is 15.8 Å². The van der Waals surface area contributed by atoms with Crippen LogP contribution >= 0.6 is 0 Å². The van der Waals surface area contributed by atoms with Gasteiger partial charge in [-0.2, -0.15) is 17.5 Å². The molecule has 0 saturated carbocycles. The van der Waals surface area contributed by atoms with Gasteiger partial charge in [0.25, 0.3) is 10.0 Å². The van der Waals surface area contributed by atoms with Gasteiger partial charge in [-0.1, -0.05) is 24.3 Å². The van der Waals surface area contributed by atoms with Crippen LogP contribution in [-0.4, -0.2) is 46.4 Å². The molecule has 0 amide bonds. The lowest BCUT2D eigenvalue weighted by Crippen LogP contribution is -2.32. The van der Waals surface area contributed by atoms with Crippen molar-refractivity contribution in [1.82, 2.24) is 18.8 Å². The summed E-state index contributed by atoms with van der Waals surface area (Å²) < 4.78 is 82.4. The number of aromatic nitrogens is 3. The quantitative estimate of drug-likeness (QED) is 0.581. The lowest BCUT2D eigenvalue weighted by Gasteiger charge is -2.21. The molecule has 1 fully saturated rings. The van der Waals surface area contributed by atoms with Gasteiger partial charge in [-0.3, -0.25) is 0 Å². The fraction of sp³-hybridized carbons (Fsp3) is 0.300. The number of benzene rings is 1. The maximum absolute atomic E-state index is 14.5. The number of alkyl halides is 3. The van der Waals surface area contributed by atoms with Gasteiger partial charge in [-0.15, -0.1) is 0 Å². The van der Waals surface area contributed by atoms with Crippen molar-refractivity contribution in [3.63, 3.8) is 0 Å². The SMILES string of the molecule is Cn1cnc(S(=O)(=O)N2CC(Nc3cccc(C(F)(F)F)n3)C(c3ccccc3F)C2)c1. The van der Waals surface area contributed by atoms with Crippen molar-refractivity contribution in [3.05, 3.63) is 72.1 Å². The molecule has 2 aromatic heterocycles. The van der Waals surface area contributed by atoms with E-state index in [-0.39, 0.29) is 29.5 Å². The van der Waals surface area contributed by atoms with Crippen LogP contribution in [0.4, 0.5) is 23.4 Å². The smallest absolute Gasteiger partial charge is 0.365 e. The first-order chi connectivity index (χ1) is 15.1. The van der Waals surface area contributed by atoms with E-state index in [4.69, 9.17) is 0 Å². The highest BCUT2D eigenvalue weighted by Gasteiger charge is 2.42. The predicted octanol–water partition coefficient (Wildman–Crippen LogP) is 3.24. The van der Waals surface area contributed by atoms with E-state index in [2.05, 4.69) is 15.3 Å². The summed E-state index contributed by atoms with van der Waals surface area (Å²) in [6, 6.07) is 8.58. The number of aryl methyl sites for hydroxylation is 1. The molecule has 1 aromatic carbocycles. The molecule has 7 nitrogen and oxygen atoms in total. The van der Waals surface area contributed by atoms with Gasteiger partial charge >= 0.3 is 6.18 Å². The monoisotopic (exact) mass is 469 g/mol. The summed E-state index contributed by atoms with van der Waals surface area (Å²) in [5, 5.41) is 2.72. The third-order valence-electron chi connectivity index (χ3n) is 5.25. The molecule has 0 radical (unpaired) electrons. The van der Waals surface area contributed by atoms with Crippen LogP contribution < -0.4 is 5.32 Å². The van der Waals surface area contributed by atoms with Crippen LogP contribution in [-0.2, 0) is 23.2 Å². The molecule has 0 bridgehead atoms. The van der Waals surface area contributed by atoms with Crippen molar-refractivity contribution in [1.29, 1.82) is 0 Å². The summed E-state index contributed by atoms with van der Waals surface area (Å²) in [7, 11) is -2.36. The summed E-state index contributed by atoms with van der Waals surface area (Å²) in [5.74, 6) is -1.27. The maximum atomic E-state index is 14.5. The van der Waals surface area contributed by atoms with Crippen LogP contribution in [0.2, 0.25) is 0 Å². The number of halogens is 4. The van der Waals surface area contributed by atoms with E-state index in [9.17, 15) is 26.0 Å². The molecule has 12 heteroatoms. The molecule has 1 saturated heterocycles. The number of nitrogens with zero attached hydrogens (tertiary/aromatic N) is 4. The summed E-state index contributed by atoms with van der Waals surface area (Å²) in [6.07, 6.45) is -1.94. The molecule has 1 N–H and O–H groups in total. The van der Waals surface area contributed by atoms with Crippen LogP contribution in [0.5, 0.6) is 0 Å². The van der Waals surface area contributed by atoms with Crippen molar-refractivity contribution in [2.24, 2.45) is 7.05 Å². The third kappa shape index (κ3) is 4.32. The molecule has 32 heavy (non-hydrogen) atoms. The largest absolute Gasteiger partial charge is 0.433 e. The Kier molecular flexibility index (Phi) is 5.67. The summed E-state index contributed by atoms with van der Waals surface area (Å²) in [6.45, 7) is -0.174. The fourth-order valence-corrected chi connectivity index (χ4v) is 5.18. The summed E-state index contributed by atoms with van der Waals surface area (Å²) in [5.41, 5.74) is -0.823. The molecule has 0 aliphatic carbocycles. The highest BCUT2D eigenvalue weighted by atomic mass is 32.2. The van der Waals surface area contributed by atoms with Gasteiger partial charge in [-0.25, -0.2) is 22.8 Å². The molecule has 2 atom stereocenters. The third-order valence-corrected chi connectivity index (χ3v) is 6.97. The number of anilines is 1. The highest BCUT2D eigenvalue weighted by molar-refractivity contribution is 7.89. The van der Waals surface area contributed by atoms with Gasteiger partial charge in [0.05, 0.1) is 6.33 Å². The predicted molar refractivity (Wildman–Crippen MR) is 108 cm³/mol. The van der Waals surface area contributed by atoms with Crippen molar-refractivity contribution in [3.8, 4) is 0 Å². The lowest BCUT2D eigenvalue weighted by molar-refractivity contribution is -0.141. The number of nitrogens with one attached hydrogen (secondary N) is 1. The molecule has 3 heterocycles. The van der Waals surface area contributed by atoms with Crippen molar-refractivity contribution in [2.45, 2.75) is 23.2 Å². The molecule has 2 unspecified atom stereocenters. The van der Waals surface area contributed by atoms with E-state index in [1.807, 2.05) is 0 Å². The topological polar surface area (TPSA) is 80.1 Å². The number of imidazole rings is 1. The minimum Gasteiger partial charge on any atom is -0.365 e. The molecule has 1 aliphatic heterocycles. The molecular weight excluding hydrogens is 450 g/mol. The van der Waals surface area contributed by atoms with Gasteiger partial charge in [0.15, 0.2) is 5.03 Å². The second-order valence-corrected chi connectivity index (χ2v) is 9.37. The van der Waals surface area contributed by atoms with Crippen LogP contribution in [0.25, 0.3) is 0 Å². The van der Waals surface area contributed by atoms with Crippen LogP contribution in [0.1, 0.15) is 17.2 Å². The molecule has 170 valence electrons. The van der Waals surface area contributed by atoms with E-state index in [0.717, 1.165) is 10.4 Å². The molecule has 0 spiro atoms. The number of rotatable bonds is 5. The van der Waals surface area contributed by atoms with Gasteiger partial charge < -0.3 is 9.88 Å². The zero-order valence-electron chi connectivity index (χ0n) is 16.8. The average molecular weight is 469 g/mol. The minimum atomic E-state index is -4.63. The zero-order valence-corrected chi connectivity index (χ0v) is 17.6. The zero-order chi connectivity index (χ0) is 23.1. The van der Waals surface area contributed by atoms with Gasteiger partial charge in [0.2, 0.25) is 0 Å². The standard InChI is InChI=1S/C20H19F4N5O2S/c1-28-11-19(25-12-28)32(30,31)29-9-14(13-5-2-3-6-15(13)21)16(10-29)26-18-8-4-7-17(27-18)20(22,23)24/h2-8,11-12,14,16H,9-10H2,1H3,(H,26,27). The van der Waals surface area contributed by atoms with Gasteiger partial charge in [-0.05, 0) is 23.8 Å². The van der Waals surface area contributed by atoms with Gasteiger partial charge in [0, 0.05) is 38.3 Å². The first-order valence-electron chi connectivity index (χ1n) is 9.59. The lowest BCUT2D eigenvalue weighted by atomic mass is 9.94. The first-order valence-corrected chi connectivity index (χ1v) is 11.0. The van der Waals surface area contributed by atoms with E-state index < -0.39 is 39.7 Å². The maximum Gasteiger partial charge on any atom is 0.433 e. The Morgan fingerprint density at radius 3 is 2.50 bits per heavy atom. The Balaban J connectivity index is 1.68. The molecular formula is C20H19F4N5O2S. The Morgan fingerprint density at radius 2 is 1.84 bits per heavy atom. The Labute approximate surface area is 181 Å². The number of hydrogen-bond acceptors (Lipinski definition) is 5. The first kappa shape index (κ1) is 22.2. The van der Waals surface area contributed by atoms with Gasteiger partial charge in [0.1, 0.15) is 17.3 Å². The Hall–Kier alpha value is -2.99.